The average molecular weight is 326 g/mol. The van der Waals surface area contributed by atoms with Crippen LogP contribution in [0, 0.1) is 6.92 Å². The van der Waals surface area contributed by atoms with Crippen molar-refractivity contribution in [1.29, 1.82) is 0 Å². The van der Waals surface area contributed by atoms with Crippen molar-refractivity contribution in [3.8, 4) is 0 Å². The number of aromatic nitrogens is 2. The van der Waals surface area contributed by atoms with E-state index in [2.05, 4.69) is 39.6 Å². The molecule has 1 aliphatic rings. The van der Waals surface area contributed by atoms with E-state index in [9.17, 15) is 4.79 Å². The van der Waals surface area contributed by atoms with Gasteiger partial charge in [0.25, 0.3) is 0 Å². The molecule has 3 rings (SSSR count). The van der Waals surface area contributed by atoms with Crippen molar-refractivity contribution in [3.63, 3.8) is 0 Å². The standard InChI is InChI=1S/C19H26N4O/c1-13(18-12-22(4)21-14(18)2)20-19(24)15(3)23-10-9-16-7-5-6-8-17(16)11-23/h5-8,12-13,15H,9-11H2,1-4H3,(H,20,24). The molecule has 0 spiro atoms. The van der Waals surface area contributed by atoms with Crippen LogP contribution in [0.15, 0.2) is 30.5 Å². The highest BCUT2D eigenvalue weighted by Crippen LogP contribution is 2.21. The zero-order valence-corrected chi connectivity index (χ0v) is 14.9. The topological polar surface area (TPSA) is 50.2 Å². The van der Waals surface area contributed by atoms with E-state index in [0.29, 0.717) is 0 Å². The molecule has 0 aliphatic carbocycles. The van der Waals surface area contributed by atoms with Gasteiger partial charge in [-0.1, -0.05) is 24.3 Å². The zero-order chi connectivity index (χ0) is 17.3. The maximum absolute atomic E-state index is 12.7. The van der Waals surface area contributed by atoms with Crippen LogP contribution in [-0.4, -0.2) is 33.2 Å². The molecule has 5 nitrogen and oxygen atoms in total. The van der Waals surface area contributed by atoms with Crippen LogP contribution in [0.3, 0.4) is 0 Å². The number of hydrogen-bond donors (Lipinski definition) is 1. The number of hydrogen-bond acceptors (Lipinski definition) is 3. The Morgan fingerprint density at radius 3 is 2.62 bits per heavy atom. The summed E-state index contributed by atoms with van der Waals surface area (Å²) in [4.78, 5) is 14.9. The smallest absolute Gasteiger partial charge is 0.237 e. The molecule has 1 aliphatic heterocycles. The lowest BCUT2D eigenvalue weighted by molar-refractivity contribution is -0.126. The summed E-state index contributed by atoms with van der Waals surface area (Å²) in [6, 6.07) is 8.32. The van der Waals surface area contributed by atoms with E-state index in [4.69, 9.17) is 0 Å². The first-order valence-corrected chi connectivity index (χ1v) is 8.57. The van der Waals surface area contributed by atoms with Gasteiger partial charge in [-0.15, -0.1) is 0 Å². The molecule has 0 fully saturated rings. The van der Waals surface area contributed by atoms with Gasteiger partial charge in [-0.2, -0.15) is 5.10 Å². The number of rotatable bonds is 4. The van der Waals surface area contributed by atoms with E-state index < -0.39 is 0 Å². The molecule has 2 heterocycles. The van der Waals surface area contributed by atoms with E-state index >= 15 is 0 Å². The summed E-state index contributed by atoms with van der Waals surface area (Å²) in [5.74, 6) is 0.0742. The summed E-state index contributed by atoms with van der Waals surface area (Å²) in [6.07, 6.45) is 2.98. The minimum atomic E-state index is -0.141. The lowest BCUT2D eigenvalue weighted by Gasteiger charge is -2.33. The number of aryl methyl sites for hydroxylation is 2. The average Bonchev–Trinajstić information content (AvgIpc) is 2.92. The minimum absolute atomic E-state index is 0.0364. The number of carbonyl (C=O) groups excluding carboxylic acids is 1. The molecule has 1 amide bonds. The van der Waals surface area contributed by atoms with E-state index in [1.54, 1.807) is 4.68 Å². The molecule has 0 bridgehead atoms. The quantitative estimate of drug-likeness (QED) is 0.938. The van der Waals surface area contributed by atoms with Gasteiger partial charge >= 0.3 is 0 Å². The molecule has 5 heteroatoms. The first kappa shape index (κ1) is 16.7. The Labute approximate surface area is 143 Å². The van der Waals surface area contributed by atoms with Gasteiger partial charge < -0.3 is 5.32 Å². The van der Waals surface area contributed by atoms with Crippen molar-refractivity contribution in [3.05, 3.63) is 52.8 Å². The molecule has 0 radical (unpaired) electrons. The minimum Gasteiger partial charge on any atom is -0.348 e. The van der Waals surface area contributed by atoms with Gasteiger partial charge in [0.15, 0.2) is 0 Å². The van der Waals surface area contributed by atoms with Crippen molar-refractivity contribution in [2.24, 2.45) is 7.05 Å². The number of benzene rings is 1. The SMILES string of the molecule is Cc1nn(C)cc1C(C)NC(=O)C(C)N1CCc2ccccc2C1. The van der Waals surface area contributed by atoms with E-state index in [-0.39, 0.29) is 18.0 Å². The molecule has 1 N–H and O–H groups in total. The third-order valence-corrected chi connectivity index (χ3v) is 4.96. The monoisotopic (exact) mass is 326 g/mol. The third kappa shape index (κ3) is 3.36. The van der Waals surface area contributed by atoms with Crippen molar-refractivity contribution < 1.29 is 4.79 Å². The normalized spacial score (nSPS) is 17.2. The summed E-state index contributed by atoms with van der Waals surface area (Å²) in [5, 5.41) is 7.49. The molecule has 24 heavy (non-hydrogen) atoms. The summed E-state index contributed by atoms with van der Waals surface area (Å²) in [6.45, 7) is 7.74. The molecule has 0 saturated carbocycles. The summed E-state index contributed by atoms with van der Waals surface area (Å²) in [5.41, 5.74) is 4.77. The van der Waals surface area contributed by atoms with Crippen molar-refractivity contribution in [1.82, 2.24) is 20.0 Å². The summed E-state index contributed by atoms with van der Waals surface area (Å²) >= 11 is 0. The first-order valence-electron chi connectivity index (χ1n) is 8.57. The van der Waals surface area contributed by atoms with E-state index in [1.807, 2.05) is 34.0 Å². The number of carbonyl (C=O) groups is 1. The molecule has 1 aromatic heterocycles. The number of nitrogens with zero attached hydrogens (tertiary/aromatic N) is 3. The second-order valence-electron chi connectivity index (χ2n) is 6.74. The van der Waals surface area contributed by atoms with Gasteiger partial charge in [0.1, 0.15) is 0 Å². The first-order chi connectivity index (χ1) is 11.5. The van der Waals surface area contributed by atoms with Crippen LogP contribution >= 0.6 is 0 Å². The fourth-order valence-corrected chi connectivity index (χ4v) is 3.47. The van der Waals surface area contributed by atoms with E-state index in [0.717, 1.165) is 30.8 Å². The predicted molar refractivity (Wildman–Crippen MR) is 94.5 cm³/mol. The number of nitrogens with one attached hydrogen (secondary N) is 1. The maximum atomic E-state index is 12.7. The second-order valence-corrected chi connectivity index (χ2v) is 6.74. The number of amides is 1. The molecule has 2 atom stereocenters. The lowest BCUT2D eigenvalue weighted by atomic mass is 9.98. The molecular weight excluding hydrogens is 300 g/mol. The summed E-state index contributed by atoms with van der Waals surface area (Å²) in [7, 11) is 1.90. The summed E-state index contributed by atoms with van der Waals surface area (Å²) < 4.78 is 1.79. The van der Waals surface area contributed by atoms with Crippen LogP contribution in [0.2, 0.25) is 0 Å². The highest BCUT2D eigenvalue weighted by atomic mass is 16.2. The van der Waals surface area contributed by atoms with Gasteiger partial charge in [-0.3, -0.25) is 14.4 Å². The molecule has 2 unspecified atom stereocenters. The highest BCUT2D eigenvalue weighted by molar-refractivity contribution is 5.81. The Morgan fingerprint density at radius 2 is 1.96 bits per heavy atom. The molecule has 2 aromatic rings. The molecule has 0 saturated heterocycles. The molecule has 128 valence electrons. The van der Waals surface area contributed by atoms with Crippen LogP contribution in [0.4, 0.5) is 0 Å². The fourth-order valence-electron chi connectivity index (χ4n) is 3.47. The van der Waals surface area contributed by atoms with E-state index in [1.165, 1.54) is 11.1 Å². The van der Waals surface area contributed by atoms with Crippen molar-refractivity contribution >= 4 is 5.91 Å². The Hall–Kier alpha value is -2.14. The highest BCUT2D eigenvalue weighted by Gasteiger charge is 2.26. The zero-order valence-electron chi connectivity index (χ0n) is 14.9. The Bertz CT molecular complexity index is 737. The van der Waals surface area contributed by atoms with Gasteiger partial charge in [0, 0.05) is 31.9 Å². The Morgan fingerprint density at radius 1 is 1.25 bits per heavy atom. The Kier molecular flexibility index (Phi) is 4.71. The number of fused-ring (bicyclic) bond motifs is 1. The third-order valence-electron chi connectivity index (χ3n) is 4.96. The van der Waals surface area contributed by atoms with Gasteiger partial charge in [-0.25, -0.2) is 0 Å². The molecule has 1 aromatic carbocycles. The fraction of sp³-hybridized carbons (Fsp3) is 0.474. The van der Waals surface area contributed by atoms with Gasteiger partial charge in [-0.05, 0) is 38.3 Å². The van der Waals surface area contributed by atoms with Crippen molar-refractivity contribution in [2.45, 2.75) is 45.8 Å². The maximum Gasteiger partial charge on any atom is 0.237 e. The van der Waals surface area contributed by atoms with Crippen LogP contribution in [0.5, 0.6) is 0 Å². The largest absolute Gasteiger partial charge is 0.348 e. The van der Waals surface area contributed by atoms with Crippen LogP contribution in [-0.2, 0) is 24.8 Å². The van der Waals surface area contributed by atoms with Crippen LogP contribution < -0.4 is 5.32 Å². The van der Waals surface area contributed by atoms with Crippen LogP contribution in [0.1, 0.15) is 42.3 Å². The Balaban J connectivity index is 1.64. The van der Waals surface area contributed by atoms with Crippen LogP contribution in [0.25, 0.3) is 0 Å². The lowest BCUT2D eigenvalue weighted by Crippen LogP contribution is -2.47. The van der Waals surface area contributed by atoms with Gasteiger partial charge in [0.05, 0.1) is 17.8 Å². The molecular formula is C19H26N4O. The van der Waals surface area contributed by atoms with Crippen molar-refractivity contribution in [2.75, 3.05) is 6.54 Å². The second kappa shape index (κ2) is 6.77. The predicted octanol–water partition coefficient (Wildman–Crippen LogP) is 2.35. The van der Waals surface area contributed by atoms with Gasteiger partial charge in [0.2, 0.25) is 5.91 Å².